The van der Waals surface area contributed by atoms with Crippen molar-refractivity contribution < 1.29 is 36.2 Å². The quantitative estimate of drug-likeness (QED) is 0.459. The van der Waals surface area contributed by atoms with Crippen molar-refractivity contribution in [2.75, 3.05) is 0 Å². The highest BCUT2D eigenvalue weighted by Gasteiger charge is 2.34. The molecule has 0 heterocycles. The summed E-state index contributed by atoms with van der Waals surface area (Å²) in [5.74, 6) is -5.76. The third kappa shape index (κ3) is 4.80. The van der Waals surface area contributed by atoms with Crippen LogP contribution >= 0.6 is 0 Å². The second-order valence-corrected chi connectivity index (χ2v) is 5.64. The molecule has 0 aliphatic heterocycles. The van der Waals surface area contributed by atoms with Crippen molar-refractivity contribution in [3.8, 4) is 11.5 Å². The number of hydrogen-bond acceptors (Lipinski definition) is 3. The van der Waals surface area contributed by atoms with Gasteiger partial charge in [-0.1, -0.05) is 6.92 Å². The molecule has 2 rings (SSSR count). The first kappa shape index (κ1) is 17.5. The topological polar surface area (TPSA) is 35.5 Å². The molecule has 1 aromatic rings. The predicted molar refractivity (Wildman–Crippen MR) is 69.8 cm³/mol. The van der Waals surface area contributed by atoms with Crippen LogP contribution in [0.25, 0.3) is 0 Å². The van der Waals surface area contributed by atoms with Crippen molar-refractivity contribution in [1.29, 1.82) is 0 Å². The molecule has 0 radical (unpaired) electrons. The zero-order valence-electron chi connectivity index (χ0n) is 12.3. The number of hydrogen-bond donors (Lipinski definition) is 0. The number of rotatable bonds is 3. The van der Waals surface area contributed by atoms with Crippen molar-refractivity contribution >= 4 is 5.97 Å². The third-order valence-corrected chi connectivity index (χ3v) is 3.76. The van der Waals surface area contributed by atoms with Gasteiger partial charge in [-0.05, 0) is 31.6 Å². The maximum absolute atomic E-state index is 13.5. The molecule has 1 saturated carbocycles. The molecule has 1 aliphatic carbocycles. The normalized spacial score (nSPS) is 21.8. The van der Waals surface area contributed by atoms with Gasteiger partial charge in [-0.3, -0.25) is 4.79 Å². The second kappa shape index (κ2) is 6.72. The van der Waals surface area contributed by atoms with Gasteiger partial charge in [-0.25, -0.2) is 8.78 Å². The van der Waals surface area contributed by atoms with Crippen LogP contribution in [0.15, 0.2) is 12.1 Å². The summed E-state index contributed by atoms with van der Waals surface area (Å²) in [6.07, 6.45) is -2.30. The fourth-order valence-corrected chi connectivity index (χ4v) is 2.50. The SMILES string of the molecule is CC1CCC(C(=O)Oc2cc(F)c(OC(F)(F)F)c(F)c2)CC1. The summed E-state index contributed by atoms with van der Waals surface area (Å²) in [5.41, 5.74) is 0. The van der Waals surface area contributed by atoms with Gasteiger partial charge in [0, 0.05) is 12.1 Å². The van der Waals surface area contributed by atoms with Crippen LogP contribution in [0.1, 0.15) is 32.6 Å². The minimum absolute atomic E-state index is 0.372. The number of benzene rings is 1. The largest absolute Gasteiger partial charge is 0.573 e. The number of esters is 1. The Hall–Kier alpha value is -1.86. The standard InChI is InChI=1S/C15H15F5O3/c1-8-2-4-9(5-3-8)14(21)22-10-6-11(16)13(12(17)7-10)23-15(18,19)20/h6-9H,2-5H2,1H3. The van der Waals surface area contributed by atoms with E-state index in [2.05, 4.69) is 11.7 Å². The van der Waals surface area contributed by atoms with E-state index in [1.165, 1.54) is 0 Å². The van der Waals surface area contributed by atoms with Crippen LogP contribution in [-0.2, 0) is 4.79 Å². The lowest BCUT2D eigenvalue weighted by atomic mass is 9.83. The molecule has 128 valence electrons. The Labute approximate surface area is 129 Å². The van der Waals surface area contributed by atoms with Crippen molar-refractivity contribution in [1.82, 2.24) is 0 Å². The predicted octanol–water partition coefficient (Wildman–Crippen LogP) is 4.60. The molecule has 0 bridgehead atoms. The summed E-state index contributed by atoms with van der Waals surface area (Å²) >= 11 is 0. The van der Waals surface area contributed by atoms with Crippen molar-refractivity contribution in [2.45, 2.75) is 39.0 Å². The average Bonchev–Trinajstić information content (AvgIpc) is 2.42. The van der Waals surface area contributed by atoms with Crippen LogP contribution in [0.3, 0.4) is 0 Å². The first-order chi connectivity index (χ1) is 10.7. The smallest absolute Gasteiger partial charge is 0.426 e. The van der Waals surface area contributed by atoms with Crippen molar-refractivity contribution in [3.05, 3.63) is 23.8 Å². The molecule has 0 aromatic heterocycles. The van der Waals surface area contributed by atoms with E-state index in [0.29, 0.717) is 30.9 Å². The van der Waals surface area contributed by atoms with Gasteiger partial charge in [0.05, 0.1) is 5.92 Å². The second-order valence-electron chi connectivity index (χ2n) is 5.64. The first-order valence-corrected chi connectivity index (χ1v) is 7.12. The Morgan fingerprint density at radius 2 is 1.61 bits per heavy atom. The number of alkyl halides is 3. The van der Waals surface area contributed by atoms with Crippen molar-refractivity contribution in [3.63, 3.8) is 0 Å². The molecule has 0 atom stereocenters. The van der Waals surface area contributed by atoms with E-state index in [-0.39, 0.29) is 5.92 Å². The fraction of sp³-hybridized carbons (Fsp3) is 0.533. The van der Waals surface area contributed by atoms with E-state index in [1.54, 1.807) is 0 Å². The van der Waals surface area contributed by atoms with Gasteiger partial charge in [0.2, 0.25) is 5.75 Å². The van der Waals surface area contributed by atoms with E-state index in [1.807, 2.05) is 0 Å². The summed E-state index contributed by atoms with van der Waals surface area (Å²) in [6, 6.07) is 0.987. The molecule has 3 nitrogen and oxygen atoms in total. The van der Waals surface area contributed by atoms with Crippen molar-refractivity contribution in [2.24, 2.45) is 11.8 Å². The molecule has 0 spiro atoms. The van der Waals surface area contributed by atoms with Gasteiger partial charge < -0.3 is 9.47 Å². The highest BCUT2D eigenvalue weighted by atomic mass is 19.4. The van der Waals surface area contributed by atoms with E-state index < -0.39 is 35.5 Å². The van der Waals surface area contributed by atoms with Crippen LogP contribution < -0.4 is 9.47 Å². The minimum Gasteiger partial charge on any atom is -0.426 e. The first-order valence-electron chi connectivity index (χ1n) is 7.12. The monoisotopic (exact) mass is 338 g/mol. The van der Waals surface area contributed by atoms with E-state index in [0.717, 1.165) is 12.8 Å². The highest BCUT2D eigenvalue weighted by molar-refractivity contribution is 5.75. The van der Waals surface area contributed by atoms with Gasteiger partial charge >= 0.3 is 12.3 Å². The van der Waals surface area contributed by atoms with Crippen LogP contribution in [0, 0.1) is 23.5 Å². The van der Waals surface area contributed by atoms with Crippen LogP contribution in [0.4, 0.5) is 22.0 Å². The molecule has 1 aliphatic rings. The van der Waals surface area contributed by atoms with Gasteiger partial charge in [0.1, 0.15) is 5.75 Å². The highest BCUT2D eigenvalue weighted by Crippen LogP contribution is 2.33. The summed E-state index contributed by atoms with van der Waals surface area (Å²) in [5, 5.41) is 0. The van der Waals surface area contributed by atoms with Gasteiger partial charge in [0.25, 0.3) is 0 Å². The number of carbonyl (C=O) groups is 1. The number of halogens is 5. The molecule has 0 unspecified atom stereocenters. The van der Waals surface area contributed by atoms with Gasteiger partial charge in [-0.2, -0.15) is 0 Å². The summed E-state index contributed by atoms with van der Waals surface area (Å²) in [7, 11) is 0. The fourth-order valence-electron chi connectivity index (χ4n) is 2.50. The molecular weight excluding hydrogens is 323 g/mol. The molecule has 8 heteroatoms. The minimum atomic E-state index is -5.22. The lowest BCUT2D eigenvalue weighted by molar-refractivity contribution is -0.276. The summed E-state index contributed by atoms with van der Waals surface area (Å²) < 4.78 is 71.3. The Bertz CT molecular complexity index is 554. The lowest BCUT2D eigenvalue weighted by Crippen LogP contribution is -2.25. The molecule has 0 amide bonds. The summed E-state index contributed by atoms with van der Waals surface area (Å²) in [4.78, 5) is 11.9. The molecular formula is C15H15F5O3. The Kier molecular flexibility index (Phi) is 5.11. The Morgan fingerprint density at radius 3 is 2.09 bits per heavy atom. The average molecular weight is 338 g/mol. The lowest BCUT2D eigenvalue weighted by Gasteiger charge is -2.24. The van der Waals surface area contributed by atoms with E-state index in [9.17, 15) is 26.7 Å². The Balaban J connectivity index is 2.08. The third-order valence-electron chi connectivity index (χ3n) is 3.76. The molecule has 0 N–H and O–H groups in total. The maximum atomic E-state index is 13.5. The molecule has 1 aromatic carbocycles. The van der Waals surface area contributed by atoms with Gasteiger partial charge in [-0.15, -0.1) is 13.2 Å². The van der Waals surface area contributed by atoms with E-state index in [4.69, 9.17) is 4.74 Å². The van der Waals surface area contributed by atoms with Crippen LogP contribution in [0.2, 0.25) is 0 Å². The van der Waals surface area contributed by atoms with Crippen LogP contribution in [-0.4, -0.2) is 12.3 Å². The zero-order chi connectivity index (χ0) is 17.2. The molecule has 1 fully saturated rings. The summed E-state index contributed by atoms with van der Waals surface area (Å²) in [6.45, 7) is 2.06. The van der Waals surface area contributed by atoms with E-state index >= 15 is 0 Å². The number of ether oxygens (including phenoxy) is 2. The molecule has 0 saturated heterocycles. The van der Waals surface area contributed by atoms with Gasteiger partial charge in [0.15, 0.2) is 11.6 Å². The maximum Gasteiger partial charge on any atom is 0.573 e. The van der Waals surface area contributed by atoms with Crippen LogP contribution in [0.5, 0.6) is 11.5 Å². The molecule has 23 heavy (non-hydrogen) atoms. The number of carbonyl (C=O) groups excluding carboxylic acids is 1. The Morgan fingerprint density at radius 1 is 1.09 bits per heavy atom. The zero-order valence-corrected chi connectivity index (χ0v) is 12.3.